The number of carbonyl (C=O) groups excluding carboxylic acids is 2. The third kappa shape index (κ3) is 10.1. The van der Waals surface area contributed by atoms with Crippen LogP contribution < -0.4 is 33.8 Å². The molecule has 420 valence electrons. The lowest BCUT2D eigenvalue weighted by Crippen LogP contribution is -2.43. The topological polar surface area (TPSA) is 183 Å². The monoisotopic (exact) mass is 1090 g/mol. The summed E-state index contributed by atoms with van der Waals surface area (Å²) >= 11 is 0. The minimum absolute atomic E-state index is 0.0281. The lowest BCUT2D eigenvalue weighted by molar-refractivity contribution is -0.274. The van der Waals surface area contributed by atoms with E-state index < -0.39 is 18.0 Å². The van der Waals surface area contributed by atoms with Crippen molar-refractivity contribution in [2.45, 2.75) is 127 Å². The molecule has 9 heterocycles. The number of phenols is 2. The zero-order valence-corrected chi connectivity index (χ0v) is 44.6. The maximum absolute atomic E-state index is 14.9. The van der Waals surface area contributed by atoms with Crippen LogP contribution in [0.4, 0.5) is 40.6 Å². The Labute approximate surface area is 455 Å². The van der Waals surface area contributed by atoms with E-state index in [4.69, 9.17) is 24.2 Å². The van der Waals surface area contributed by atoms with Crippen molar-refractivity contribution in [2.75, 3.05) is 91.8 Å². The molecule has 3 aromatic carbocycles. The first kappa shape index (κ1) is 52.9. The van der Waals surface area contributed by atoms with Crippen molar-refractivity contribution in [1.29, 1.82) is 0 Å². The van der Waals surface area contributed by atoms with Crippen LogP contribution in [0.3, 0.4) is 0 Å². The van der Waals surface area contributed by atoms with Gasteiger partial charge < -0.3 is 43.9 Å². The Morgan fingerprint density at radius 2 is 1.32 bits per heavy atom. The molecule has 18 nitrogen and oxygen atoms in total. The van der Waals surface area contributed by atoms with Crippen molar-refractivity contribution in [3.8, 4) is 29.3 Å². The number of aromatic nitrogens is 4. The van der Waals surface area contributed by atoms with E-state index in [2.05, 4.69) is 36.3 Å². The Kier molecular flexibility index (Phi) is 14.1. The van der Waals surface area contributed by atoms with Gasteiger partial charge in [0, 0.05) is 49.8 Å². The molecule has 0 spiro atoms. The third-order valence-electron chi connectivity index (χ3n) is 17.3. The highest BCUT2D eigenvalue weighted by Gasteiger charge is 2.48. The largest absolute Gasteiger partial charge is 0.573 e. The summed E-state index contributed by atoms with van der Waals surface area (Å²) < 4.78 is 76.6. The van der Waals surface area contributed by atoms with Crippen LogP contribution in [0.15, 0.2) is 42.5 Å². The van der Waals surface area contributed by atoms with Crippen LogP contribution in [0, 0.1) is 5.82 Å². The molecule has 8 aliphatic rings. The van der Waals surface area contributed by atoms with Gasteiger partial charge in [-0.05, 0) is 145 Å². The molecule has 6 fully saturated rings. The van der Waals surface area contributed by atoms with Crippen LogP contribution in [0.1, 0.15) is 122 Å². The van der Waals surface area contributed by atoms with Gasteiger partial charge in [-0.1, -0.05) is 13.0 Å². The van der Waals surface area contributed by atoms with Gasteiger partial charge in [-0.25, -0.2) is 4.39 Å². The number of amides is 2. The van der Waals surface area contributed by atoms with E-state index in [9.17, 15) is 37.4 Å². The van der Waals surface area contributed by atoms with Crippen LogP contribution in [0.2, 0.25) is 0 Å². The molecule has 1 saturated carbocycles. The van der Waals surface area contributed by atoms with E-state index in [1.807, 2.05) is 11.8 Å². The van der Waals surface area contributed by atoms with Crippen molar-refractivity contribution in [3.63, 3.8) is 0 Å². The maximum atomic E-state index is 14.9. The van der Waals surface area contributed by atoms with Gasteiger partial charge in [0.1, 0.15) is 53.3 Å². The number of fused-ring (bicyclic) bond motifs is 5. The molecule has 2 amide bonds. The van der Waals surface area contributed by atoms with Crippen molar-refractivity contribution in [2.24, 2.45) is 0 Å². The quantitative estimate of drug-likeness (QED) is 0.101. The highest BCUT2D eigenvalue weighted by atomic mass is 19.4. The lowest BCUT2D eigenvalue weighted by Gasteiger charge is -2.31. The van der Waals surface area contributed by atoms with Gasteiger partial charge in [0.15, 0.2) is 5.75 Å². The SMILES string of the molecule is CCc1c(F)ccc2cc(O)cc(N3Cc4nc(OCC56CCCN5CCC6)nc(N(CC)C5CC5)c4C3=O)c12.O=C1c2c(nc(OCC34CCCN3CCC4)nc2N2CCCOCC2)CN1c1cc(O)ccc1OC(F)(F)F. The fourth-order valence-corrected chi connectivity index (χ4v) is 13.5. The maximum Gasteiger partial charge on any atom is 0.573 e. The summed E-state index contributed by atoms with van der Waals surface area (Å²) in [5.74, 6) is -1.01. The van der Waals surface area contributed by atoms with Crippen molar-refractivity contribution in [3.05, 3.63) is 76.4 Å². The Balaban J connectivity index is 0.000000158. The van der Waals surface area contributed by atoms with Gasteiger partial charge in [-0.15, -0.1) is 13.2 Å². The van der Waals surface area contributed by atoms with Gasteiger partial charge in [-0.2, -0.15) is 19.9 Å². The first-order valence-corrected chi connectivity index (χ1v) is 28.0. The van der Waals surface area contributed by atoms with Crippen LogP contribution >= 0.6 is 0 Å². The summed E-state index contributed by atoms with van der Waals surface area (Å²) in [6.07, 6.45) is 7.27. The average Bonchev–Trinajstić information content (AvgIpc) is 3.85. The minimum atomic E-state index is -4.98. The molecule has 79 heavy (non-hydrogen) atoms. The first-order chi connectivity index (χ1) is 38.1. The number of ether oxygens (including phenoxy) is 4. The van der Waals surface area contributed by atoms with E-state index in [0.717, 1.165) is 114 Å². The summed E-state index contributed by atoms with van der Waals surface area (Å²) in [7, 11) is 0. The zero-order valence-electron chi connectivity index (χ0n) is 44.6. The normalized spacial score (nSPS) is 20.5. The van der Waals surface area contributed by atoms with E-state index in [1.54, 1.807) is 23.1 Å². The Bertz CT molecular complexity index is 3150. The number of nitrogens with zero attached hydrogens (tertiary/aromatic N) is 10. The number of benzene rings is 3. The number of rotatable bonds is 14. The standard InChI is InChI=1S/C31H36FN5O3.C26H30F3N5O5/c1-3-22-23(32)10-7-19-15-21(38)16-25(26(19)22)37-17-24-27(29(37)39)28(36(4-2)20-8-9-20)34-30(33-24)40-18-31-11-5-13-35(31)14-6-12-31;27-26(28,29)39-20-5-4-17(35)14-19(20)34-15-18-21(23(34)36)22(32-8-3-12-37-13-11-32)31-24(30-18)38-16-25-6-1-9-33(25)10-2-7-25/h7,10,15-16,20,38H,3-6,8-9,11-14,17-18H2,1-2H3;4-5,14,35H,1-3,6-13,15-16H2. The number of phenolic OH excluding ortho intramolecular Hbond substituents is 2. The highest BCUT2D eigenvalue weighted by molar-refractivity contribution is 6.17. The molecule has 5 aromatic rings. The lowest BCUT2D eigenvalue weighted by atomic mass is 9.95. The summed E-state index contributed by atoms with van der Waals surface area (Å²) in [4.78, 5) is 58.6. The number of carbonyl (C=O) groups is 2. The summed E-state index contributed by atoms with van der Waals surface area (Å²) in [5.41, 5.74) is 2.47. The molecule has 0 atom stereocenters. The Morgan fingerprint density at radius 1 is 0.709 bits per heavy atom. The Morgan fingerprint density at radius 3 is 1.94 bits per heavy atom. The van der Waals surface area contributed by atoms with Crippen LogP contribution in [-0.4, -0.2) is 147 Å². The van der Waals surface area contributed by atoms with E-state index in [1.165, 1.54) is 18.9 Å². The summed E-state index contributed by atoms with van der Waals surface area (Å²) in [5, 5.41) is 21.9. The van der Waals surface area contributed by atoms with E-state index in [-0.39, 0.29) is 64.7 Å². The molecule has 5 saturated heterocycles. The van der Waals surface area contributed by atoms with Crippen LogP contribution in [0.25, 0.3) is 10.8 Å². The van der Waals surface area contributed by atoms with Crippen molar-refractivity contribution in [1.82, 2.24) is 29.7 Å². The number of aryl methyl sites for hydroxylation is 1. The number of hydrogen-bond acceptors (Lipinski definition) is 16. The second kappa shape index (κ2) is 21.0. The fraction of sp³-hybridized carbons (Fsp3) is 0.544. The molecular formula is C57H66F4N10O8. The number of alkyl halides is 3. The van der Waals surface area contributed by atoms with Crippen LogP contribution in [0.5, 0.6) is 29.3 Å². The van der Waals surface area contributed by atoms with E-state index in [0.29, 0.717) is 109 Å². The minimum Gasteiger partial charge on any atom is -0.508 e. The molecule has 7 aliphatic heterocycles. The summed E-state index contributed by atoms with van der Waals surface area (Å²) in [6.45, 7) is 12.2. The van der Waals surface area contributed by atoms with Gasteiger partial charge in [0.25, 0.3) is 11.8 Å². The molecule has 0 unspecified atom stereocenters. The smallest absolute Gasteiger partial charge is 0.508 e. The second-order valence-electron chi connectivity index (χ2n) is 22.1. The molecule has 0 radical (unpaired) electrons. The number of halogens is 4. The molecule has 13 rings (SSSR count). The highest BCUT2D eigenvalue weighted by Crippen LogP contribution is 2.46. The molecule has 1 aliphatic carbocycles. The first-order valence-electron chi connectivity index (χ1n) is 28.0. The predicted molar refractivity (Wildman–Crippen MR) is 285 cm³/mol. The fourth-order valence-electron chi connectivity index (χ4n) is 13.5. The van der Waals surface area contributed by atoms with Crippen molar-refractivity contribution >= 4 is 45.6 Å². The number of anilines is 4. The van der Waals surface area contributed by atoms with Gasteiger partial charge in [-0.3, -0.25) is 24.3 Å². The number of aromatic hydroxyl groups is 2. The molecule has 2 N–H and O–H groups in total. The molecular weight excluding hydrogens is 1030 g/mol. The van der Waals surface area contributed by atoms with Crippen LogP contribution in [-0.2, 0) is 24.2 Å². The third-order valence-corrected chi connectivity index (χ3v) is 17.3. The zero-order chi connectivity index (χ0) is 54.8. The predicted octanol–water partition coefficient (Wildman–Crippen LogP) is 8.67. The van der Waals surface area contributed by atoms with Gasteiger partial charge in [0.2, 0.25) is 0 Å². The van der Waals surface area contributed by atoms with Gasteiger partial charge in [0.05, 0.1) is 53.5 Å². The second-order valence-corrected chi connectivity index (χ2v) is 22.1. The van der Waals surface area contributed by atoms with E-state index >= 15 is 0 Å². The van der Waals surface area contributed by atoms with Crippen molar-refractivity contribution < 1.29 is 56.3 Å². The molecule has 2 aromatic heterocycles. The van der Waals surface area contributed by atoms with Gasteiger partial charge >= 0.3 is 18.4 Å². The summed E-state index contributed by atoms with van der Waals surface area (Å²) in [6, 6.07) is 10.2. The average molecular weight is 1100 g/mol. The Hall–Kier alpha value is -6.78. The number of hydrogen-bond donors (Lipinski definition) is 2. The molecule has 22 heteroatoms. The molecule has 0 bridgehead atoms.